The average Bonchev–Trinajstić information content (AvgIpc) is 2.83. The van der Waals surface area contributed by atoms with E-state index in [9.17, 15) is 14.4 Å². The molecule has 0 radical (unpaired) electrons. The minimum absolute atomic E-state index is 0.141. The molecule has 2 aliphatic heterocycles. The normalized spacial score (nSPS) is 23.5. The number of rotatable bonds is 3. The van der Waals surface area contributed by atoms with Gasteiger partial charge in [0.05, 0.1) is 23.2 Å². The number of carbonyl (C=O) groups is 3. The van der Waals surface area contributed by atoms with Gasteiger partial charge in [-0.2, -0.15) is 0 Å². The summed E-state index contributed by atoms with van der Waals surface area (Å²) >= 11 is 6.11. The molecular formula is C16H18ClN3O3. The number of primary amides is 1. The summed E-state index contributed by atoms with van der Waals surface area (Å²) in [5, 5.41) is 0.377. The standard InChI is InChI=1S/C16H18ClN3O3/c17-11-3-1-2-4-12(11)20-14(21)9-13(16(20)23)19-7-5-10(6-8-19)15(18)22/h1-4,10,13H,5-9H2,(H2,18,22). The van der Waals surface area contributed by atoms with Crippen LogP contribution in [0, 0.1) is 5.92 Å². The van der Waals surface area contributed by atoms with Gasteiger partial charge in [-0.05, 0) is 38.1 Å². The molecule has 0 bridgehead atoms. The molecule has 1 aromatic carbocycles. The molecule has 3 amide bonds. The third-order valence-corrected chi connectivity index (χ3v) is 4.91. The highest BCUT2D eigenvalue weighted by molar-refractivity contribution is 6.36. The summed E-state index contributed by atoms with van der Waals surface area (Å²) < 4.78 is 0. The first-order valence-corrected chi connectivity index (χ1v) is 8.01. The Morgan fingerprint density at radius 2 is 1.83 bits per heavy atom. The number of para-hydroxylation sites is 1. The van der Waals surface area contributed by atoms with Crippen LogP contribution >= 0.6 is 11.6 Å². The first-order valence-electron chi connectivity index (χ1n) is 7.63. The van der Waals surface area contributed by atoms with Gasteiger partial charge in [-0.1, -0.05) is 23.7 Å². The van der Waals surface area contributed by atoms with Gasteiger partial charge in [-0.25, -0.2) is 4.90 Å². The van der Waals surface area contributed by atoms with Crippen molar-refractivity contribution in [1.29, 1.82) is 0 Å². The number of imide groups is 1. The highest BCUT2D eigenvalue weighted by Gasteiger charge is 2.44. The maximum Gasteiger partial charge on any atom is 0.251 e. The molecule has 2 aliphatic rings. The number of hydrogen-bond donors (Lipinski definition) is 1. The van der Waals surface area contributed by atoms with E-state index in [-0.39, 0.29) is 30.1 Å². The Bertz CT molecular complexity index is 656. The zero-order chi connectivity index (χ0) is 16.6. The topological polar surface area (TPSA) is 83.7 Å². The smallest absolute Gasteiger partial charge is 0.251 e. The summed E-state index contributed by atoms with van der Waals surface area (Å²) in [5.41, 5.74) is 5.76. The Labute approximate surface area is 139 Å². The summed E-state index contributed by atoms with van der Waals surface area (Å²) in [5.74, 6) is -0.931. The molecule has 2 heterocycles. The highest BCUT2D eigenvalue weighted by Crippen LogP contribution is 2.32. The summed E-state index contributed by atoms with van der Waals surface area (Å²) in [6.45, 7) is 1.18. The molecule has 6 nitrogen and oxygen atoms in total. The van der Waals surface area contributed by atoms with Crippen LogP contribution in [0.5, 0.6) is 0 Å². The lowest BCUT2D eigenvalue weighted by molar-refractivity contribution is -0.124. The number of nitrogens with two attached hydrogens (primary N) is 1. The maximum atomic E-state index is 12.7. The second-order valence-electron chi connectivity index (χ2n) is 5.95. The molecule has 0 aliphatic carbocycles. The number of likely N-dealkylation sites (tertiary alicyclic amines) is 1. The van der Waals surface area contributed by atoms with Crippen LogP contribution in [0.3, 0.4) is 0 Å². The summed E-state index contributed by atoms with van der Waals surface area (Å²) in [6.07, 6.45) is 1.39. The lowest BCUT2D eigenvalue weighted by Gasteiger charge is -2.33. The predicted octanol–water partition coefficient (Wildman–Crippen LogP) is 1.17. The van der Waals surface area contributed by atoms with Crippen molar-refractivity contribution in [3.05, 3.63) is 29.3 Å². The first-order chi connectivity index (χ1) is 11.0. The number of amides is 3. The molecular weight excluding hydrogens is 318 g/mol. The summed E-state index contributed by atoms with van der Waals surface area (Å²) in [7, 11) is 0. The minimum Gasteiger partial charge on any atom is -0.369 e. The van der Waals surface area contributed by atoms with E-state index in [2.05, 4.69) is 0 Å². The van der Waals surface area contributed by atoms with Crippen LogP contribution in [0.15, 0.2) is 24.3 Å². The molecule has 2 fully saturated rings. The number of nitrogens with zero attached hydrogens (tertiary/aromatic N) is 2. The molecule has 23 heavy (non-hydrogen) atoms. The van der Waals surface area contributed by atoms with E-state index in [0.29, 0.717) is 36.6 Å². The van der Waals surface area contributed by atoms with Crippen LogP contribution in [0.4, 0.5) is 5.69 Å². The number of carbonyl (C=O) groups excluding carboxylic acids is 3. The second-order valence-corrected chi connectivity index (χ2v) is 6.36. The van der Waals surface area contributed by atoms with E-state index in [1.165, 1.54) is 4.90 Å². The Morgan fingerprint density at radius 3 is 2.43 bits per heavy atom. The molecule has 0 aromatic heterocycles. The van der Waals surface area contributed by atoms with Gasteiger partial charge >= 0.3 is 0 Å². The van der Waals surface area contributed by atoms with Gasteiger partial charge in [0.2, 0.25) is 11.8 Å². The van der Waals surface area contributed by atoms with Gasteiger partial charge in [0.1, 0.15) is 0 Å². The molecule has 3 rings (SSSR count). The van der Waals surface area contributed by atoms with Crippen molar-refractivity contribution < 1.29 is 14.4 Å². The van der Waals surface area contributed by atoms with Crippen molar-refractivity contribution in [2.75, 3.05) is 18.0 Å². The Hall–Kier alpha value is -1.92. The molecule has 2 saturated heterocycles. The van der Waals surface area contributed by atoms with Crippen LogP contribution in [0.1, 0.15) is 19.3 Å². The highest BCUT2D eigenvalue weighted by atomic mass is 35.5. The van der Waals surface area contributed by atoms with Crippen LogP contribution < -0.4 is 10.6 Å². The zero-order valence-corrected chi connectivity index (χ0v) is 13.3. The quantitative estimate of drug-likeness (QED) is 0.840. The molecule has 0 spiro atoms. The van der Waals surface area contributed by atoms with Crippen molar-refractivity contribution in [2.45, 2.75) is 25.3 Å². The monoisotopic (exact) mass is 335 g/mol. The minimum atomic E-state index is -0.479. The maximum absolute atomic E-state index is 12.7. The molecule has 7 heteroatoms. The largest absolute Gasteiger partial charge is 0.369 e. The fourth-order valence-corrected chi connectivity index (χ4v) is 3.50. The number of hydrogen-bond acceptors (Lipinski definition) is 4. The molecule has 1 aromatic rings. The van der Waals surface area contributed by atoms with E-state index in [1.807, 2.05) is 4.90 Å². The van der Waals surface area contributed by atoms with Gasteiger partial charge in [0, 0.05) is 5.92 Å². The van der Waals surface area contributed by atoms with Gasteiger partial charge in [0.15, 0.2) is 0 Å². The Kier molecular flexibility index (Phi) is 4.37. The number of piperidine rings is 1. The Morgan fingerprint density at radius 1 is 1.17 bits per heavy atom. The fourth-order valence-electron chi connectivity index (χ4n) is 3.28. The van der Waals surface area contributed by atoms with Crippen molar-refractivity contribution in [2.24, 2.45) is 11.7 Å². The van der Waals surface area contributed by atoms with Crippen molar-refractivity contribution in [1.82, 2.24) is 4.90 Å². The average molecular weight is 336 g/mol. The predicted molar refractivity (Wildman–Crippen MR) is 85.8 cm³/mol. The SMILES string of the molecule is NC(=O)C1CCN(C2CC(=O)N(c3ccccc3Cl)C2=O)CC1. The van der Waals surface area contributed by atoms with Crippen molar-refractivity contribution in [3.8, 4) is 0 Å². The molecule has 0 saturated carbocycles. The first kappa shape index (κ1) is 16.0. The van der Waals surface area contributed by atoms with Gasteiger partial charge in [-0.3, -0.25) is 19.3 Å². The van der Waals surface area contributed by atoms with Crippen LogP contribution in [0.2, 0.25) is 5.02 Å². The Balaban J connectivity index is 1.75. The summed E-state index contributed by atoms with van der Waals surface area (Å²) in [4.78, 5) is 39.4. The van der Waals surface area contributed by atoms with Crippen LogP contribution in [-0.2, 0) is 14.4 Å². The number of halogens is 1. The van der Waals surface area contributed by atoms with Gasteiger partial charge in [-0.15, -0.1) is 0 Å². The van der Waals surface area contributed by atoms with E-state index < -0.39 is 6.04 Å². The van der Waals surface area contributed by atoms with E-state index in [1.54, 1.807) is 24.3 Å². The van der Waals surface area contributed by atoms with Crippen molar-refractivity contribution in [3.63, 3.8) is 0 Å². The lowest BCUT2D eigenvalue weighted by atomic mass is 9.95. The molecule has 122 valence electrons. The lowest BCUT2D eigenvalue weighted by Crippen LogP contribution is -2.47. The van der Waals surface area contributed by atoms with Gasteiger partial charge < -0.3 is 5.73 Å². The number of anilines is 1. The molecule has 2 N–H and O–H groups in total. The van der Waals surface area contributed by atoms with Gasteiger partial charge in [0.25, 0.3) is 5.91 Å². The third kappa shape index (κ3) is 2.96. The summed E-state index contributed by atoms with van der Waals surface area (Å²) in [6, 6.07) is 6.34. The fraction of sp³-hybridized carbons (Fsp3) is 0.438. The van der Waals surface area contributed by atoms with Crippen molar-refractivity contribution >= 4 is 35.0 Å². The molecule has 1 unspecified atom stereocenters. The number of benzene rings is 1. The molecule has 1 atom stereocenters. The van der Waals surface area contributed by atoms with E-state index >= 15 is 0 Å². The van der Waals surface area contributed by atoms with E-state index in [0.717, 1.165) is 0 Å². The van der Waals surface area contributed by atoms with Crippen LogP contribution in [0.25, 0.3) is 0 Å². The van der Waals surface area contributed by atoms with E-state index in [4.69, 9.17) is 17.3 Å². The zero-order valence-electron chi connectivity index (χ0n) is 12.6. The second kappa shape index (κ2) is 6.29. The third-order valence-electron chi connectivity index (χ3n) is 4.59. The van der Waals surface area contributed by atoms with Crippen LogP contribution in [-0.4, -0.2) is 41.8 Å².